The fraction of sp³-hybridized carbons (Fsp3) is 0.412. The first-order chi connectivity index (χ1) is 12.5. The molecular formula is C17H19N2O6S-. The molecule has 26 heavy (non-hydrogen) atoms. The normalized spacial score (nSPS) is 20.5. The Morgan fingerprint density at radius 3 is 2.88 bits per heavy atom. The van der Waals surface area contributed by atoms with Crippen LogP contribution in [0.3, 0.4) is 0 Å². The molecule has 1 aliphatic rings. The largest absolute Gasteiger partial charge is 0.750 e. The summed E-state index contributed by atoms with van der Waals surface area (Å²) in [7, 11) is 0. The zero-order valence-corrected chi connectivity index (χ0v) is 15.0. The van der Waals surface area contributed by atoms with E-state index in [1.807, 2.05) is 30.3 Å². The molecule has 2 heterocycles. The second-order valence-corrected chi connectivity index (χ2v) is 6.78. The summed E-state index contributed by atoms with van der Waals surface area (Å²) in [6.07, 6.45) is 2.86. The van der Waals surface area contributed by atoms with Gasteiger partial charge >= 0.3 is 6.09 Å². The molecular weight excluding hydrogens is 360 g/mol. The average molecular weight is 379 g/mol. The van der Waals surface area contributed by atoms with Gasteiger partial charge in [0.05, 0.1) is 17.6 Å². The predicted molar refractivity (Wildman–Crippen MR) is 90.2 cm³/mol. The van der Waals surface area contributed by atoms with Crippen LogP contribution < -0.4 is 0 Å². The van der Waals surface area contributed by atoms with Gasteiger partial charge in [-0.1, -0.05) is 30.3 Å². The van der Waals surface area contributed by atoms with Crippen LogP contribution in [0.25, 0.3) is 0 Å². The third-order valence-corrected chi connectivity index (χ3v) is 5.01. The van der Waals surface area contributed by atoms with E-state index in [4.69, 9.17) is 13.3 Å². The van der Waals surface area contributed by atoms with E-state index >= 15 is 0 Å². The molecule has 3 atom stereocenters. The van der Waals surface area contributed by atoms with Gasteiger partial charge in [-0.25, -0.2) is 14.0 Å². The van der Waals surface area contributed by atoms with Gasteiger partial charge in [-0.3, -0.25) is 4.18 Å². The summed E-state index contributed by atoms with van der Waals surface area (Å²) >= 11 is -2.75. The van der Waals surface area contributed by atoms with Gasteiger partial charge in [0.25, 0.3) is 0 Å². The van der Waals surface area contributed by atoms with Gasteiger partial charge in [0.1, 0.15) is 12.9 Å². The Kier molecular flexibility index (Phi) is 5.70. The second kappa shape index (κ2) is 7.98. The van der Waals surface area contributed by atoms with Crippen molar-refractivity contribution in [3.8, 4) is 0 Å². The number of aromatic nitrogens is 1. The van der Waals surface area contributed by atoms with Crippen molar-refractivity contribution in [2.24, 2.45) is 5.92 Å². The minimum atomic E-state index is -2.75. The first-order valence-electron chi connectivity index (χ1n) is 8.13. The molecule has 8 nitrogen and oxygen atoms in total. The second-order valence-electron chi connectivity index (χ2n) is 6.20. The Morgan fingerprint density at radius 1 is 1.46 bits per heavy atom. The van der Waals surface area contributed by atoms with Crippen molar-refractivity contribution in [2.75, 3.05) is 13.1 Å². The van der Waals surface area contributed by atoms with Crippen LogP contribution in [0.2, 0.25) is 0 Å². The molecule has 0 N–H and O–H groups in total. The van der Waals surface area contributed by atoms with Crippen LogP contribution >= 0.6 is 0 Å². The number of oxazole rings is 1. The molecule has 0 aliphatic carbocycles. The zero-order valence-electron chi connectivity index (χ0n) is 14.2. The quantitative estimate of drug-likeness (QED) is 0.709. The number of hydrogen-bond donors (Lipinski definition) is 0. The topological polar surface area (TPSA) is 105 Å². The molecule has 3 unspecified atom stereocenters. The highest BCUT2D eigenvalue weighted by Gasteiger charge is 2.46. The van der Waals surface area contributed by atoms with Crippen molar-refractivity contribution in [3.63, 3.8) is 0 Å². The Balaban J connectivity index is 1.64. The van der Waals surface area contributed by atoms with Crippen molar-refractivity contribution in [1.29, 1.82) is 0 Å². The van der Waals surface area contributed by atoms with E-state index in [2.05, 4.69) is 4.98 Å². The van der Waals surface area contributed by atoms with Crippen LogP contribution in [0.5, 0.6) is 0 Å². The van der Waals surface area contributed by atoms with Gasteiger partial charge < -0.3 is 18.6 Å². The number of rotatable bonds is 6. The van der Waals surface area contributed by atoms with Crippen LogP contribution in [0.15, 0.2) is 47.2 Å². The maximum Gasteiger partial charge on any atom is 0.410 e. The fourth-order valence-electron chi connectivity index (χ4n) is 3.07. The highest BCUT2D eigenvalue weighted by Crippen LogP contribution is 2.39. The van der Waals surface area contributed by atoms with E-state index in [0.717, 1.165) is 5.56 Å². The molecule has 1 aromatic heterocycles. The van der Waals surface area contributed by atoms with Gasteiger partial charge in [0.2, 0.25) is 5.89 Å². The minimum absolute atomic E-state index is 0.159. The summed E-state index contributed by atoms with van der Waals surface area (Å²) in [4.78, 5) is 17.9. The highest BCUT2D eigenvalue weighted by atomic mass is 32.2. The van der Waals surface area contributed by atoms with Gasteiger partial charge in [-0.05, 0) is 18.9 Å². The molecule has 0 spiro atoms. The van der Waals surface area contributed by atoms with Crippen molar-refractivity contribution < 1.29 is 26.9 Å². The lowest BCUT2D eigenvalue weighted by molar-refractivity contribution is 0.00345. The summed E-state index contributed by atoms with van der Waals surface area (Å²) in [5, 5.41) is 0. The van der Waals surface area contributed by atoms with Gasteiger partial charge in [-0.2, -0.15) is 0 Å². The van der Waals surface area contributed by atoms with Crippen LogP contribution in [-0.2, 0) is 32.5 Å². The Morgan fingerprint density at radius 2 is 2.23 bits per heavy atom. The van der Waals surface area contributed by atoms with Crippen molar-refractivity contribution in [3.05, 3.63) is 54.2 Å². The van der Waals surface area contributed by atoms with Crippen molar-refractivity contribution >= 4 is 17.5 Å². The van der Waals surface area contributed by atoms with E-state index in [0.29, 0.717) is 13.0 Å². The number of hydrogen-bond acceptors (Lipinski definition) is 7. The molecule has 1 amide bonds. The van der Waals surface area contributed by atoms with E-state index in [9.17, 15) is 13.6 Å². The first-order valence-corrected chi connectivity index (χ1v) is 9.13. The third-order valence-electron chi connectivity index (χ3n) is 4.53. The molecule has 3 rings (SSSR count). The van der Waals surface area contributed by atoms with Crippen LogP contribution in [0.1, 0.15) is 24.8 Å². The molecule has 0 radical (unpaired) electrons. The summed E-state index contributed by atoms with van der Waals surface area (Å²) < 4.78 is 38.0. The van der Waals surface area contributed by atoms with E-state index < -0.39 is 23.1 Å². The van der Waals surface area contributed by atoms with Crippen molar-refractivity contribution in [2.45, 2.75) is 25.6 Å². The number of carbonyl (C=O) groups is 1. The van der Waals surface area contributed by atoms with Crippen LogP contribution in [-0.4, -0.2) is 37.8 Å². The maximum absolute atomic E-state index is 12.3. The number of carbonyl (C=O) groups excluding carboxylic acids is 1. The molecule has 140 valence electrons. The average Bonchev–Trinajstić information content (AvgIpc) is 3.32. The van der Waals surface area contributed by atoms with Gasteiger partial charge in [-0.15, -0.1) is 0 Å². The van der Waals surface area contributed by atoms with Crippen molar-refractivity contribution in [1.82, 2.24) is 9.88 Å². The summed E-state index contributed by atoms with van der Waals surface area (Å²) in [6, 6.07) is 9.38. The SMILES string of the molecule is CC(OS(=O)[O-])(c1ncco1)C1CCN(C(=O)OCc2ccccc2)C1. The first kappa shape index (κ1) is 18.6. The smallest absolute Gasteiger partial charge is 0.410 e. The molecule has 0 bridgehead atoms. The molecule has 0 saturated carbocycles. The molecule has 1 aromatic carbocycles. The Labute approximate surface area is 153 Å². The Hall–Kier alpha value is -2.23. The molecule has 9 heteroatoms. The van der Waals surface area contributed by atoms with E-state index in [-0.39, 0.29) is 25.0 Å². The van der Waals surface area contributed by atoms with Crippen LogP contribution in [0.4, 0.5) is 4.79 Å². The molecule has 1 fully saturated rings. The number of nitrogens with zero attached hydrogens (tertiary/aromatic N) is 2. The summed E-state index contributed by atoms with van der Waals surface area (Å²) in [5.74, 6) is -0.144. The van der Waals surface area contributed by atoms with Crippen LogP contribution in [0, 0.1) is 5.92 Å². The summed E-state index contributed by atoms with van der Waals surface area (Å²) in [5.41, 5.74) is -0.392. The summed E-state index contributed by atoms with van der Waals surface area (Å²) in [6.45, 7) is 2.49. The number of likely N-dealkylation sites (tertiary alicyclic amines) is 1. The van der Waals surface area contributed by atoms with Gasteiger partial charge in [0, 0.05) is 19.0 Å². The molecule has 2 aromatic rings. The molecule has 1 aliphatic heterocycles. The maximum atomic E-state index is 12.3. The third kappa shape index (κ3) is 4.12. The zero-order chi connectivity index (χ0) is 18.6. The highest BCUT2D eigenvalue weighted by molar-refractivity contribution is 7.74. The Bertz CT molecular complexity index is 754. The number of benzene rings is 1. The number of ether oxygens (including phenoxy) is 1. The fourth-order valence-corrected chi connectivity index (χ4v) is 3.56. The predicted octanol–water partition coefficient (Wildman–Crippen LogP) is 2.36. The van der Waals surface area contributed by atoms with E-state index in [1.54, 1.807) is 6.92 Å². The monoisotopic (exact) mass is 379 g/mol. The standard InChI is InChI=1S/C17H20N2O6S/c1-17(25-26(21)22,15-18-8-10-23-15)14-7-9-19(11-14)16(20)24-12-13-5-3-2-4-6-13/h2-6,8,10,14H,7,9,11-12H2,1H3,(H,21,22)/p-1. The molecule has 1 saturated heterocycles. The lowest BCUT2D eigenvalue weighted by Gasteiger charge is -2.32. The minimum Gasteiger partial charge on any atom is -0.750 e. The lowest BCUT2D eigenvalue weighted by Crippen LogP contribution is -2.39. The van der Waals surface area contributed by atoms with E-state index in [1.165, 1.54) is 17.4 Å². The number of amides is 1. The van der Waals surface area contributed by atoms with Gasteiger partial charge in [0.15, 0.2) is 5.60 Å². The lowest BCUT2D eigenvalue weighted by atomic mass is 9.88.